The molecule has 0 bridgehead atoms. The van der Waals surface area contributed by atoms with Crippen LogP contribution < -0.4 is 10.6 Å². The minimum absolute atomic E-state index is 0.156. The maximum atomic E-state index is 12.8. The Morgan fingerprint density at radius 3 is 1.89 bits per heavy atom. The maximum absolute atomic E-state index is 12.8. The molecule has 0 fully saturated rings. The Kier molecular flexibility index (Phi) is 8.10. The summed E-state index contributed by atoms with van der Waals surface area (Å²) in [7, 11) is 3.14. The Bertz CT molecular complexity index is 770. The number of aliphatic hydroxyl groups is 3. The van der Waals surface area contributed by atoms with Gasteiger partial charge in [0.05, 0.1) is 19.3 Å². The van der Waals surface area contributed by atoms with Crippen LogP contribution in [-0.2, 0) is 4.79 Å². The molecule has 9 nitrogen and oxygen atoms in total. The molecule has 0 heterocycles. The Morgan fingerprint density at radius 1 is 0.964 bits per heavy atom. The van der Waals surface area contributed by atoms with Gasteiger partial charge in [-0.1, -0.05) is 0 Å². The van der Waals surface area contributed by atoms with Gasteiger partial charge in [0.15, 0.2) is 0 Å². The topological polar surface area (TPSA) is 139 Å². The van der Waals surface area contributed by atoms with Gasteiger partial charge >= 0.3 is 0 Å². The second-order valence-corrected chi connectivity index (χ2v) is 6.90. The molecule has 0 radical (unpaired) electrons. The zero-order valence-electron chi connectivity index (χ0n) is 17.1. The summed E-state index contributed by atoms with van der Waals surface area (Å²) in [6, 6.07) is -0.865. The number of rotatable bonds is 7. The molecule has 1 aromatic rings. The third-order valence-electron chi connectivity index (χ3n) is 4.50. The van der Waals surface area contributed by atoms with E-state index in [0.29, 0.717) is 16.7 Å². The van der Waals surface area contributed by atoms with Crippen molar-refractivity contribution in [1.82, 2.24) is 10.2 Å². The van der Waals surface area contributed by atoms with E-state index in [1.807, 2.05) is 0 Å². The van der Waals surface area contributed by atoms with Crippen molar-refractivity contribution in [2.75, 3.05) is 32.6 Å². The number of hydrogen-bond donors (Lipinski definition) is 5. The predicted molar refractivity (Wildman–Crippen MR) is 104 cm³/mol. The SMILES string of the molecule is Cc1c(NC(=O)[C@H](C)O)c(C)c(C(=O)N(C)C)c(C)c1C(=O)NC(CO)CO. The third kappa shape index (κ3) is 4.86. The van der Waals surface area contributed by atoms with E-state index in [1.54, 1.807) is 34.9 Å². The number of anilines is 1. The van der Waals surface area contributed by atoms with Crippen LogP contribution in [0.25, 0.3) is 0 Å². The fourth-order valence-corrected chi connectivity index (χ4v) is 2.93. The summed E-state index contributed by atoms with van der Waals surface area (Å²) in [4.78, 5) is 39.0. The van der Waals surface area contributed by atoms with Crippen molar-refractivity contribution in [2.45, 2.75) is 39.8 Å². The molecule has 9 heteroatoms. The average Bonchev–Trinajstić information content (AvgIpc) is 2.62. The lowest BCUT2D eigenvalue weighted by Gasteiger charge is -2.24. The Balaban J connectivity index is 3.69. The van der Waals surface area contributed by atoms with Crippen LogP contribution >= 0.6 is 0 Å². The predicted octanol–water partition coefficient (Wildman–Crippen LogP) is -0.284. The quantitative estimate of drug-likeness (QED) is 0.430. The van der Waals surface area contributed by atoms with Gasteiger partial charge in [-0.3, -0.25) is 14.4 Å². The third-order valence-corrected chi connectivity index (χ3v) is 4.50. The molecule has 0 aliphatic rings. The molecule has 0 saturated heterocycles. The van der Waals surface area contributed by atoms with Crippen LogP contribution in [0.3, 0.4) is 0 Å². The Morgan fingerprint density at radius 2 is 1.46 bits per heavy atom. The lowest BCUT2D eigenvalue weighted by atomic mass is 9.89. The molecule has 1 atom stereocenters. The molecule has 156 valence electrons. The van der Waals surface area contributed by atoms with Gasteiger partial charge in [-0.15, -0.1) is 0 Å². The highest BCUT2D eigenvalue weighted by molar-refractivity contribution is 6.08. The second-order valence-electron chi connectivity index (χ2n) is 6.90. The highest BCUT2D eigenvalue weighted by Crippen LogP contribution is 2.32. The van der Waals surface area contributed by atoms with Gasteiger partial charge in [0.1, 0.15) is 6.10 Å². The Hall–Kier alpha value is -2.49. The molecule has 1 aromatic carbocycles. The summed E-state index contributed by atoms with van der Waals surface area (Å²) >= 11 is 0. The van der Waals surface area contributed by atoms with Gasteiger partial charge in [-0.25, -0.2) is 0 Å². The van der Waals surface area contributed by atoms with Gasteiger partial charge in [-0.05, 0) is 44.4 Å². The van der Waals surface area contributed by atoms with Crippen LogP contribution in [0, 0.1) is 20.8 Å². The maximum Gasteiger partial charge on any atom is 0.253 e. The number of aliphatic hydroxyl groups excluding tert-OH is 3. The lowest BCUT2D eigenvalue weighted by Crippen LogP contribution is -2.41. The van der Waals surface area contributed by atoms with E-state index in [1.165, 1.54) is 11.8 Å². The van der Waals surface area contributed by atoms with E-state index in [2.05, 4.69) is 10.6 Å². The summed E-state index contributed by atoms with van der Waals surface area (Å²) in [6.45, 7) is 5.28. The van der Waals surface area contributed by atoms with Crippen molar-refractivity contribution in [3.8, 4) is 0 Å². The van der Waals surface area contributed by atoms with Crippen molar-refractivity contribution in [2.24, 2.45) is 0 Å². The van der Waals surface area contributed by atoms with Crippen molar-refractivity contribution < 1.29 is 29.7 Å². The van der Waals surface area contributed by atoms with Crippen LogP contribution in [0.15, 0.2) is 0 Å². The minimum Gasteiger partial charge on any atom is -0.394 e. The van der Waals surface area contributed by atoms with Gasteiger partial charge in [0, 0.05) is 30.9 Å². The largest absolute Gasteiger partial charge is 0.394 e. The summed E-state index contributed by atoms with van der Waals surface area (Å²) in [6.07, 6.45) is -1.28. The van der Waals surface area contributed by atoms with Crippen LogP contribution in [0.5, 0.6) is 0 Å². The zero-order chi connectivity index (χ0) is 21.8. The normalized spacial score (nSPS) is 11.9. The minimum atomic E-state index is -1.28. The highest BCUT2D eigenvalue weighted by atomic mass is 16.3. The number of nitrogens with one attached hydrogen (secondary N) is 2. The van der Waals surface area contributed by atoms with E-state index in [4.69, 9.17) is 0 Å². The standard InChI is InChI=1S/C19H29N3O6/c1-9-14(18(27)20-13(7-23)8-24)10(2)16(21-17(26)12(4)25)11(3)15(9)19(28)22(5)6/h12-13,23-25H,7-8H2,1-6H3,(H,20,27)(H,21,26)/t12-/m0/s1. The van der Waals surface area contributed by atoms with Crippen molar-refractivity contribution in [3.63, 3.8) is 0 Å². The molecule has 0 aromatic heterocycles. The molecular formula is C19H29N3O6. The first-order valence-electron chi connectivity index (χ1n) is 8.84. The fourth-order valence-electron chi connectivity index (χ4n) is 2.93. The van der Waals surface area contributed by atoms with E-state index < -0.39 is 37.2 Å². The van der Waals surface area contributed by atoms with E-state index in [0.717, 1.165) is 0 Å². The van der Waals surface area contributed by atoms with Crippen LogP contribution in [0.4, 0.5) is 5.69 Å². The molecular weight excluding hydrogens is 366 g/mol. The summed E-state index contributed by atoms with van der Waals surface area (Å²) in [5, 5.41) is 33.1. The molecule has 5 N–H and O–H groups in total. The van der Waals surface area contributed by atoms with Gasteiger partial charge in [0.2, 0.25) is 0 Å². The number of hydrogen-bond acceptors (Lipinski definition) is 6. The number of carbonyl (C=O) groups is 3. The molecule has 0 unspecified atom stereocenters. The van der Waals surface area contributed by atoms with Gasteiger partial charge in [0.25, 0.3) is 17.7 Å². The molecule has 1 rings (SSSR count). The van der Waals surface area contributed by atoms with Gasteiger partial charge in [-0.2, -0.15) is 0 Å². The second kappa shape index (κ2) is 9.63. The van der Waals surface area contributed by atoms with Crippen molar-refractivity contribution in [3.05, 3.63) is 27.8 Å². The summed E-state index contributed by atoms with van der Waals surface area (Å²) < 4.78 is 0. The van der Waals surface area contributed by atoms with Crippen molar-refractivity contribution in [1.29, 1.82) is 0 Å². The van der Waals surface area contributed by atoms with E-state index in [-0.39, 0.29) is 22.7 Å². The smallest absolute Gasteiger partial charge is 0.253 e. The number of amides is 3. The summed E-state index contributed by atoms with van der Waals surface area (Å²) in [5.41, 5.74) is 1.97. The van der Waals surface area contributed by atoms with E-state index >= 15 is 0 Å². The lowest BCUT2D eigenvalue weighted by molar-refractivity contribution is -0.123. The average molecular weight is 395 g/mol. The molecule has 0 saturated carbocycles. The van der Waals surface area contributed by atoms with Crippen LogP contribution in [-0.4, -0.2) is 77.4 Å². The highest BCUT2D eigenvalue weighted by Gasteiger charge is 2.27. The van der Waals surface area contributed by atoms with Crippen LogP contribution in [0.1, 0.15) is 44.3 Å². The molecule has 0 aliphatic carbocycles. The number of carbonyl (C=O) groups excluding carboxylic acids is 3. The molecule has 28 heavy (non-hydrogen) atoms. The fraction of sp³-hybridized carbons (Fsp3) is 0.526. The first kappa shape index (κ1) is 23.5. The van der Waals surface area contributed by atoms with Crippen molar-refractivity contribution >= 4 is 23.4 Å². The first-order chi connectivity index (χ1) is 13.0. The van der Waals surface area contributed by atoms with E-state index in [9.17, 15) is 29.7 Å². The molecule has 0 aliphatic heterocycles. The monoisotopic (exact) mass is 395 g/mol. The first-order valence-corrected chi connectivity index (χ1v) is 8.84. The molecule has 0 spiro atoms. The number of benzene rings is 1. The Labute approximate surface area is 164 Å². The van der Waals surface area contributed by atoms with Crippen LogP contribution in [0.2, 0.25) is 0 Å². The molecule has 3 amide bonds. The van der Waals surface area contributed by atoms with Gasteiger partial charge < -0.3 is 30.9 Å². The zero-order valence-corrected chi connectivity index (χ0v) is 17.1. The number of nitrogens with zero attached hydrogens (tertiary/aromatic N) is 1. The summed E-state index contributed by atoms with van der Waals surface area (Å²) in [5.74, 6) is -1.62.